The van der Waals surface area contributed by atoms with Gasteiger partial charge >= 0.3 is 0 Å². The van der Waals surface area contributed by atoms with E-state index in [-0.39, 0.29) is 23.0 Å². The molecule has 26 heavy (non-hydrogen) atoms. The fourth-order valence-corrected chi connectivity index (χ4v) is 5.46. The zero-order valence-corrected chi connectivity index (χ0v) is 16.4. The van der Waals surface area contributed by atoms with Crippen LogP contribution in [-0.2, 0) is 11.2 Å². The molecule has 0 saturated heterocycles. The van der Waals surface area contributed by atoms with Crippen LogP contribution in [0.2, 0.25) is 4.34 Å². The van der Waals surface area contributed by atoms with E-state index < -0.39 is 0 Å². The molecule has 0 bridgehead atoms. The van der Waals surface area contributed by atoms with E-state index in [1.54, 1.807) is 6.92 Å². The minimum absolute atomic E-state index is 0.0170. The first kappa shape index (κ1) is 17.6. The molecule has 0 radical (unpaired) electrons. The quantitative estimate of drug-likeness (QED) is 0.667. The number of carbonyl (C=O) groups excluding carboxylic acids is 2. The molecule has 2 aromatic heterocycles. The summed E-state index contributed by atoms with van der Waals surface area (Å²) in [6.07, 6.45) is 0.784. The predicted molar refractivity (Wildman–Crippen MR) is 108 cm³/mol. The molecule has 1 unspecified atom stereocenters. The van der Waals surface area contributed by atoms with E-state index in [2.05, 4.69) is 22.4 Å². The number of H-pyrrole nitrogens is 1. The number of rotatable bonds is 4. The Bertz CT molecular complexity index is 963. The number of hydrogen-bond acceptors (Lipinski definition) is 4. The Labute approximate surface area is 164 Å². The molecule has 2 atom stereocenters. The van der Waals surface area contributed by atoms with E-state index in [0.717, 1.165) is 16.6 Å². The molecular weight excluding hydrogens is 388 g/mol. The van der Waals surface area contributed by atoms with E-state index in [0.29, 0.717) is 15.8 Å². The molecule has 1 aromatic carbocycles. The van der Waals surface area contributed by atoms with Crippen LogP contribution < -0.4 is 5.32 Å². The van der Waals surface area contributed by atoms with Gasteiger partial charge in [0.15, 0.2) is 5.12 Å². The highest BCUT2D eigenvalue weighted by Gasteiger charge is 2.33. The third kappa shape index (κ3) is 3.41. The van der Waals surface area contributed by atoms with E-state index in [9.17, 15) is 9.59 Å². The molecule has 4 rings (SSSR count). The number of thioether (sulfide) groups is 1. The second-order valence-electron chi connectivity index (χ2n) is 6.41. The van der Waals surface area contributed by atoms with Crippen molar-refractivity contribution in [2.24, 2.45) is 0 Å². The van der Waals surface area contributed by atoms with Gasteiger partial charge in [-0.2, -0.15) is 0 Å². The molecule has 2 N–H and O–H groups in total. The van der Waals surface area contributed by atoms with Gasteiger partial charge in [-0.25, -0.2) is 0 Å². The van der Waals surface area contributed by atoms with Crippen LogP contribution in [0.5, 0.6) is 0 Å². The van der Waals surface area contributed by atoms with Gasteiger partial charge in [0, 0.05) is 30.0 Å². The maximum absolute atomic E-state index is 12.7. The van der Waals surface area contributed by atoms with Gasteiger partial charge in [0.05, 0.1) is 4.34 Å². The molecule has 134 valence electrons. The maximum atomic E-state index is 12.7. The van der Waals surface area contributed by atoms with Crippen molar-refractivity contribution in [3.05, 3.63) is 57.6 Å². The van der Waals surface area contributed by atoms with Gasteiger partial charge in [0.2, 0.25) is 0 Å². The zero-order chi connectivity index (χ0) is 18.3. The van der Waals surface area contributed by atoms with Crippen LogP contribution in [0.25, 0.3) is 10.2 Å². The van der Waals surface area contributed by atoms with Crippen molar-refractivity contribution in [2.75, 3.05) is 5.75 Å². The van der Waals surface area contributed by atoms with Gasteiger partial charge in [0.1, 0.15) is 10.5 Å². The van der Waals surface area contributed by atoms with E-state index in [1.807, 2.05) is 24.3 Å². The summed E-state index contributed by atoms with van der Waals surface area (Å²) in [7, 11) is 0. The minimum atomic E-state index is -0.125. The SMILES string of the molecule is CC(=O)SC[C@@H]1c2ccccc2CC1NC(=O)c1cc2cc(Cl)sc2[nH]1. The summed E-state index contributed by atoms with van der Waals surface area (Å²) < 4.78 is 0.700. The van der Waals surface area contributed by atoms with Crippen LogP contribution in [0, 0.1) is 0 Å². The first-order valence-corrected chi connectivity index (χ1v) is 10.5. The van der Waals surface area contributed by atoms with Crippen molar-refractivity contribution in [3.8, 4) is 0 Å². The number of benzene rings is 1. The van der Waals surface area contributed by atoms with Crippen LogP contribution in [0.15, 0.2) is 36.4 Å². The Balaban J connectivity index is 1.54. The van der Waals surface area contributed by atoms with Crippen LogP contribution in [0.4, 0.5) is 0 Å². The Hall–Kier alpha value is -1.76. The van der Waals surface area contributed by atoms with Gasteiger partial charge in [-0.1, -0.05) is 47.6 Å². The van der Waals surface area contributed by atoms with E-state index in [1.165, 1.54) is 34.2 Å². The molecule has 0 aliphatic heterocycles. The topological polar surface area (TPSA) is 62.0 Å². The van der Waals surface area contributed by atoms with Gasteiger partial charge < -0.3 is 10.3 Å². The average Bonchev–Trinajstić information content (AvgIpc) is 3.23. The molecular formula is C19H17ClN2O2S2. The molecule has 1 aliphatic rings. The first-order valence-electron chi connectivity index (χ1n) is 8.31. The number of amides is 1. The summed E-state index contributed by atoms with van der Waals surface area (Å²) in [5.41, 5.74) is 3.01. The van der Waals surface area contributed by atoms with Crippen molar-refractivity contribution >= 4 is 55.9 Å². The highest BCUT2D eigenvalue weighted by atomic mass is 35.5. The van der Waals surface area contributed by atoms with Gasteiger partial charge in [0.25, 0.3) is 5.91 Å². The average molecular weight is 405 g/mol. The summed E-state index contributed by atoms with van der Waals surface area (Å²) in [6.45, 7) is 1.58. The fourth-order valence-electron chi connectivity index (χ4n) is 3.50. The summed E-state index contributed by atoms with van der Waals surface area (Å²) in [5, 5.41) is 4.20. The van der Waals surface area contributed by atoms with E-state index in [4.69, 9.17) is 11.6 Å². The number of nitrogens with one attached hydrogen (secondary N) is 2. The molecule has 0 fully saturated rings. The van der Waals surface area contributed by atoms with Crippen molar-refractivity contribution in [2.45, 2.75) is 25.3 Å². The monoisotopic (exact) mass is 404 g/mol. The largest absolute Gasteiger partial charge is 0.347 e. The van der Waals surface area contributed by atoms with Crippen molar-refractivity contribution in [1.82, 2.24) is 10.3 Å². The molecule has 0 spiro atoms. The van der Waals surface area contributed by atoms with Gasteiger partial charge in [-0.3, -0.25) is 9.59 Å². The number of hydrogen-bond donors (Lipinski definition) is 2. The fraction of sp³-hybridized carbons (Fsp3) is 0.263. The minimum Gasteiger partial charge on any atom is -0.347 e. The Kier molecular flexibility index (Phi) is 4.82. The summed E-state index contributed by atoms with van der Waals surface area (Å²) in [5.74, 6) is 0.682. The number of halogens is 1. The highest BCUT2D eigenvalue weighted by molar-refractivity contribution is 8.13. The van der Waals surface area contributed by atoms with Crippen molar-refractivity contribution in [3.63, 3.8) is 0 Å². The third-order valence-electron chi connectivity index (χ3n) is 4.69. The normalized spacial score (nSPS) is 18.8. The van der Waals surface area contributed by atoms with Crippen molar-refractivity contribution < 1.29 is 9.59 Å². The molecule has 7 heteroatoms. The number of aromatic amines is 1. The highest BCUT2D eigenvalue weighted by Crippen LogP contribution is 2.36. The van der Waals surface area contributed by atoms with Crippen LogP contribution in [-0.4, -0.2) is 27.8 Å². The molecule has 1 amide bonds. The molecule has 0 saturated carbocycles. The Morgan fingerprint density at radius 3 is 2.92 bits per heavy atom. The van der Waals surface area contributed by atoms with E-state index >= 15 is 0 Å². The number of fused-ring (bicyclic) bond motifs is 2. The smallest absolute Gasteiger partial charge is 0.268 e. The summed E-state index contributed by atoms with van der Waals surface area (Å²) in [4.78, 5) is 28.2. The van der Waals surface area contributed by atoms with Crippen molar-refractivity contribution in [1.29, 1.82) is 0 Å². The Morgan fingerprint density at radius 2 is 2.15 bits per heavy atom. The lowest BCUT2D eigenvalue weighted by molar-refractivity contribution is -0.109. The number of carbonyl (C=O) groups is 2. The molecule has 3 aromatic rings. The predicted octanol–water partition coefficient (Wildman–Crippen LogP) is 4.60. The number of thiophene rings is 1. The lowest BCUT2D eigenvalue weighted by Gasteiger charge is -2.21. The second kappa shape index (κ2) is 7.10. The van der Waals surface area contributed by atoms with Crippen LogP contribution in [0.3, 0.4) is 0 Å². The number of aromatic nitrogens is 1. The molecule has 1 aliphatic carbocycles. The van der Waals surface area contributed by atoms with Crippen LogP contribution >= 0.6 is 34.7 Å². The Morgan fingerprint density at radius 1 is 1.35 bits per heavy atom. The second-order valence-corrected chi connectivity index (χ2v) is 9.29. The zero-order valence-electron chi connectivity index (χ0n) is 14.0. The molecule has 2 heterocycles. The summed E-state index contributed by atoms with van der Waals surface area (Å²) in [6, 6.07) is 11.9. The van der Waals surface area contributed by atoms with Crippen LogP contribution in [0.1, 0.15) is 34.5 Å². The summed E-state index contributed by atoms with van der Waals surface area (Å²) >= 11 is 8.73. The first-order chi connectivity index (χ1) is 12.5. The molecule has 4 nitrogen and oxygen atoms in total. The maximum Gasteiger partial charge on any atom is 0.268 e. The van der Waals surface area contributed by atoms with Gasteiger partial charge in [-0.15, -0.1) is 11.3 Å². The third-order valence-corrected chi connectivity index (χ3v) is 6.81. The lowest BCUT2D eigenvalue weighted by Crippen LogP contribution is -2.38. The lowest BCUT2D eigenvalue weighted by atomic mass is 10.0. The van der Waals surface area contributed by atoms with Gasteiger partial charge in [-0.05, 0) is 29.7 Å². The standard InChI is InChI=1S/C19H17ClN2O2S2/c1-10(23)25-9-14-13-5-3-2-4-11(13)6-15(14)21-18(24)16-7-12-8-17(20)26-19(12)22-16/h2-5,7-8,14-15,22H,6,9H2,1H3,(H,21,24)/t14-,15?/m1/s1.